The molecule has 3 heterocycles. The van der Waals surface area contributed by atoms with Crippen molar-refractivity contribution in [2.75, 3.05) is 24.5 Å². The number of hydrogen-bond donors (Lipinski definition) is 2. The Kier molecular flexibility index (Phi) is 4.64. The van der Waals surface area contributed by atoms with Crippen molar-refractivity contribution in [3.05, 3.63) is 65.7 Å². The van der Waals surface area contributed by atoms with E-state index in [1.807, 2.05) is 25.1 Å². The molecule has 7 heteroatoms. The normalized spacial score (nSPS) is 13.9. The number of pyridine rings is 1. The van der Waals surface area contributed by atoms with E-state index in [-0.39, 0.29) is 5.82 Å². The molecule has 4 aromatic rings. The highest BCUT2D eigenvalue weighted by atomic mass is 19.1. The quantitative estimate of drug-likeness (QED) is 0.528. The highest BCUT2D eigenvalue weighted by Gasteiger charge is 2.30. The molecule has 31 heavy (non-hydrogen) atoms. The summed E-state index contributed by atoms with van der Waals surface area (Å²) in [5, 5.41) is 9.43. The summed E-state index contributed by atoms with van der Waals surface area (Å²) in [6.07, 6.45) is 3.54. The number of nitrogens with two attached hydrogens (primary N) is 1. The number of aromatic amines is 1. The Morgan fingerprint density at radius 2 is 2.03 bits per heavy atom. The predicted octanol–water partition coefficient (Wildman–Crippen LogP) is 4.01. The van der Waals surface area contributed by atoms with E-state index in [0.717, 1.165) is 46.5 Å². The zero-order valence-electron chi connectivity index (χ0n) is 17.1. The summed E-state index contributed by atoms with van der Waals surface area (Å²) in [6, 6.07) is 12.7. The van der Waals surface area contributed by atoms with E-state index < -0.39 is 0 Å². The highest BCUT2D eigenvalue weighted by Crippen LogP contribution is 2.41. The Balaban J connectivity index is 1.72. The minimum atomic E-state index is -0.280. The number of nitrogens with zero attached hydrogens (tertiary/aromatic N) is 4. The van der Waals surface area contributed by atoms with E-state index in [1.165, 1.54) is 12.1 Å². The maximum absolute atomic E-state index is 14.2. The second-order valence-electron chi connectivity index (χ2n) is 8.01. The first kappa shape index (κ1) is 19.2. The summed E-state index contributed by atoms with van der Waals surface area (Å²) in [5.74, 6) is 0.771. The topological polar surface area (TPSA) is 94.6 Å². The molecule has 6 nitrogen and oxygen atoms in total. The lowest BCUT2D eigenvalue weighted by Gasteiger charge is -2.42. The Hall–Kier alpha value is -3.76. The molecule has 1 aliphatic rings. The number of aromatic nitrogens is 3. The van der Waals surface area contributed by atoms with E-state index in [1.54, 1.807) is 18.5 Å². The van der Waals surface area contributed by atoms with Gasteiger partial charge in [0.2, 0.25) is 0 Å². The van der Waals surface area contributed by atoms with Crippen LogP contribution >= 0.6 is 0 Å². The first-order valence-corrected chi connectivity index (χ1v) is 10.2. The standard InChI is InChI=1S/C24H21FN6/c1-14-5-17(7-18(25)6-14)19-10-28-11-20(23(19)31-12-15(8-26)13-31)24-29-21-4-2-3-16(9-27)22(21)30-24/h2-7,10-11,15H,8,12-13,26H2,1H3,(H,29,30). The van der Waals surface area contributed by atoms with Gasteiger partial charge in [-0.15, -0.1) is 0 Å². The molecule has 0 bridgehead atoms. The van der Waals surface area contributed by atoms with Gasteiger partial charge in [0.1, 0.15) is 23.2 Å². The molecular formula is C24H21FN6. The van der Waals surface area contributed by atoms with Gasteiger partial charge in [0.25, 0.3) is 0 Å². The molecular weight excluding hydrogens is 391 g/mol. The van der Waals surface area contributed by atoms with Gasteiger partial charge in [-0.25, -0.2) is 9.37 Å². The smallest absolute Gasteiger partial charge is 0.142 e. The molecule has 5 rings (SSSR count). The summed E-state index contributed by atoms with van der Waals surface area (Å²) in [5.41, 5.74) is 12.0. The van der Waals surface area contributed by atoms with Crippen LogP contribution in [0.4, 0.5) is 10.1 Å². The SMILES string of the molecule is Cc1cc(F)cc(-c2cncc(-c3nc4c(C#N)cccc4[nH]3)c2N2CC(CN)C2)c1. The number of fused-ring (bicyclic) bond motifs is 1. The molecule has 0 radical (unpaired) electrons. The average molecular weight is 412 g/mol. The van der Waals surface area contributed by atoms with Crippen LogP contribution in [0, 0.1) is 30.0 Å². The lowest BCUT2D eigenvalue weighted by Crippen LogP contribution is -2.50. The Bertz CT molecular complexity index is 1310. The van der Waals surface area contributed by atoms with Crippen LogP contribution in [0.1, 0.15) is 11.1 Å². The Labute approximate surface area is 179 Å². The third-order valence-corrected chi connectivity index (χ3v) is 5.77. The van der Waals surface area contributed by atoms with Crippen LogP contribution in [0.5, 0.6) is 0 Å². The van der Waals surface area contributed by atoms with Crippen molar-refractivity contribution in [3.8, 4) is 28.6 Å². The number of para-hydroxylation sites is 1. The lowest BCUT2D eigenvalue weighted by atomic mass is 9.94. The van der Waals surface area contributed by atoms with Gasteiger partial charge in [-0.2, -0.15) is 5.26 Å². The number of imidazole rings is 1. The summed E-state index contributed by atoms with van der Waals surface area (Å²) < 4.78 is 14.2. The van der Waals surface area contributed by atoms with Crippen molar-refractivity contribution >= 4 is 16.7 Å². The molecule has 1 saturated heterocycles. The molecule has 1 fully saturated rings. The second kappa shape index (κ2) is 7.49. The predicted molar refractivity (Wildman–Crippen MR) is 119 cm³/mol. The largest absolute Gasteiger partial charge is 0.370 e. The van der Waals surface area contributed by atoms with Crippen LogP contribution in [0.3, 0.4) is 0 Å². The molecule has 0 spiro atoms. The van der Waals surface area contributed by atoms with E-state index in [2.05, 4.69) is 20.9 Å². The summed E-state index contributed by atoms with van der Waals surface area (Å²) >= 11 is 0. The van der Waals surface area contributed by atoms with Crippen molar-refractivity contribution < 1.29 is 4.39 Å². The molecule has 154 valence electrons. The van der Waals surface area contributed by atoms with Crippen molar-refractivity contribution in [2.24, 2.45) is 11.7 Å². The minimum absolute atomic E-state index is 0.280. The van der Waals surface area contributed by atoms with Crippen LogP contribution in [-0.4, -0.2) is 34.6 Å². The fourth-order valence-electron chi connectivity index (χ4n) is 4.22. The first-order chi connectivity index (χ1) is 15.1. The van der Waals surface area contributed by atoms with Crippen LogP contribution in [0.2, 0.25) is 0 Å². The lowest BCUT2D eigenvalue weighted by molar-refractivity contribution is 0.421. The number of hydrogen-bond acceptors (Lipinski definition) is 5. The Morgan fingerprint density at radius 1 is 1.23 bits per heavy atom. The van der Waals surface area contributed by atoms with Gasteiger partial charge >= 0.3 is 0 Å². The molecule has 0 atom stereocenters. The molecule has 0 aliphatic carbocycles. The van der Waals surface area contributed by atoms with Gasteiger partial charge in [0.05, 0.1) is 22.3 Å². The summed E-state index contributed by atoms with van der Waals surface area (Å²) in [7, 11) is 0. The van der Waals surface area contributed by atoms with Crippen LogP contribution in [0.15, 0.2) is 48.8 Å². The number of halogens is 1. The number of nitrogens with one attached hydrogen (secondary N) is 1. The minimum Gasteiger partial charge on any atom is -0.370 e. The maximum atomic E-state index is 14.2. The van der Waals surface area contributed by atoms with E-state index in [0.29, 0.717) is 29.4 Å². The van der Waals surface area contributed by atoms with E-state index >= 15 is 0 Å². The van der Waals surface area contributed by atoms with Crippen LogP contribution in [-0.2, 0) is 0 Å². The van der Waals surface area contributed by atoms with Gasteiger partial charge in [-0.05, 0) is 48.9 Å². The molecule has 0 saturated carbocycles. The van der Waals surface area contributed by atoms with Gasteiger partial charge in [-0.3, -0.25) is 4.98 Å². The monoisotopic (exact) mass is 412 g/mol. The first-order valence-electron chi connectivity index (χ1n) is 10.2. The number of rotatable bonds is 4. The van der Waals surface area contributed by atoms with E-state index in [4.69, 9.17) is 10.7 Å². The molecule has 0 amide bonds. The third-order valence-electron chi connectivity index (χ3n) is 5.77. The second-order valence-corrected chi connectivity index (χ2v) is 8.01. The zero-order valence-corrected chi connectivity index (χ0v) is 17.1. The number of nitriles is 1. The van der Waals surface area contributed by atoms with Crippen molar-refractivity contribution in [1.29, 1.82) is 5.26 Å². The zero-order chi connectivity index (χ0) is 21.5. The summed E-state index contributed by atoms with van der Waals surface area (Å²) in [6.45, 7) is 4.14. The molecule has 1 aliphatic heterocycles. The van der Waals surface area contributed by atoms with Crippen LogP contribution in [0.25, 0.3) is 33.5 Å². The van der Waals surface area contributed by atoms with E-state index in [9.17, 15) is 9.65 Å². The van der Waals surface area contributed by atoms with Gasteiger partial charge in [0.15, 0.2) is 0 Å². The number of benzene rings is 2. The third kappa shape index (κ3) is 3.31. The molecule has 3 N–H and O–H groups in total. The van der Waals surface area contributed by atoms with Gasteiger partial charge in [0, 0.05) is 37.0 Å². The average Bonchev–Trinajstić information content (AvgIpc) is 3.16. The Morgan fingerprint density at radius 3 is 2.77 bits per heavy atom. The molecule has 2 aromatic carbocycles. The molecule has 0 unspecified atom stereocenters. The summed E-state index contributed by atoms with van der Waals surface area (Å²) in [4.78, 5) is 14.7. The fourth-order valence-corrected chi connectivity index (χ4v) is 4.22. The van der Waals surface area contributed by atoms with Gasteiger partial charge < -0.3 is 15.6 Å². The van der Waals surface area contributed by atoms with Crippen LogP contribution < -0.4 is 10.6 Å². The maximum Gasteiger partial charge on any atom is 0.142 e. The highest BCUT2D eigenvalue weighted by molar-refractivity contribution is 5.92. The molecule has 2 aromatic heterocycles. The van der Waals surface area contributed by atoms with Gasteiger partial charge in [-0.1, -0.05) is 12.1 Å². The number of anilines is 1. The number of H-pyrrole nitrogens is 1. The van der Waals surface area contributed by atoms with Crippen molar-refractivity contribution in [1.82, 2.24) is 15.0 Å². The number of aryl methyl sites for hydroxylation is 1. The van der Waals surface area contributed by atoms with Crippen molar-refractivity contribution in [3.63, 3.8) is 0 Å². The fraction of sp³-hybridized carbons (Fsp3) is 0.208. The van der Waals surface area contributed by atoms with Crippen molar-refractivity contribution in [2.45, 2.75) is 6.92 Å².